The molecule has 5 heteroatoms. The Bertz CT molecular complexity index is 908. The van der Waals surface area contributed by atoms with Gasteiger partial charge < -0.3 is 10.1 Å². The first-order valence-electron chi connectivity index (χ1n) is 7.93. The number of anilines is 1. The van der Waals surface area contributed by atoms with Gasteiger partial charge in [-0.3, -0.25) is 4.79 Å². The zero-order valence-electron chi connectivity index (χ0n) is 14.4. The van der Waals surface area contributed by atoms with Gasteiger partial charge in [-0.1, -0.05) is 36.4 Å². The van der Waals surface area contributed by atoms with E-state index in [1.807, 2.05) is 55.5 Å². The summed E-state index contributed by atoms with van der Waals surface area (Å²) in [5, 5.41) is 2.87. The second-order valence-corrected chi connectivity index (χ2v) is 5.72. The normalized spacial score (nSPS) is 10.4. The fourth-order valence-electron chi connectivity index (χ4n) is 2.53. The van der Waals surface area contributed by atoms with Crippen molar-refractivity contribution in [1.82, 2.24) is 9.97 Å². The molecule has 0 fully saturated rings. The van der Waals surface area contributed by atoms with Crippen molar-refractivity contribution in [3.05, 3.63) is 71.5 Å². The molecule has 0 unspecified atom stereocenters. The Morgan fingerprint density at radius 1 is 1.08 bits per heavy atom. The van der Waals surface area contributed by atoms with E-state index in [-0.39, 0.29) is 5.91 Å². The average molecular weight is 333 g/mol. The number of nitrogens with zero attached hydrogens (tertiary/aromatic N) is 2. The number of rotatable bonds is 4. The smallest absolute Gasteiger partial charge is 0.259 e. The minimum atomic E-state index is -0.263. The van der Waals surface area contributed by atoms with Gasteiger partial charge in [-0.2, -0.15) is 0 Å². The van der Waals surface area contributed by atoms with Gasteiger partial charge in [-0.15, -0.1) is 0 Å². The molecule has 0 saturated heterocycles. The Kier molecular flexibility index (Phi) is 4.75. The van der Waals surface area contributed by atoms with Crippen LogP contribution in [0.2, 0.25) is 0 Å². The van der Waals surface area contributed by atoms with Crippen molar-refractivity contribution in [1.29, 1.82) is 0 Å². The molecule has 1 N–H and O–H groups in total. The van der Waals surface area contributed by atoms with Gasteiger partial charge in [0, 0.05) is 11.8 Å². The van der Waals surface area contributed by atoms with Crippen LogP contribution in [-0.2, 0) is 0 Å². The van der Waals surface area contributed by atoms with Crippen LogP contribution in [0.1, 0.15) is 21.6 Å². The molecule has 0 saturated carbocycles. The quantitative estimate of drug-likeness (QED) is 0.783. The Balaban J connectivity index is 1.87. The highest BCUT2D eigenvalue weighted by atomic mass is 16.5. The summed E-state index contributed by atoms with van der Waals surface area (Å²) in [6.45, 7) is 3.76. The van der Waals surface area contributed by atoms with Crippen LogP contribution in [0.15, 0.2) is 54.7 Å². The predicted octanol–water partition coefficient (Wildman–Crippen LogP) is 4.02. The number of carbonyl (C=O) groups is 1. The summed E-state index contributed by atoms with van der Waals surface area (Å²) >= 11 is 0. The maximum Gasteiger partial charge on any atom is 0.259 e. The molecule has 1 amide bonds. The van der Waals surface area contributed by atoms with E-state index in [0.29, 0.717) is 28.5 Å². The lowest BCUT2D eigenvalue weighted by atomic mass is 10.1. The molecule has 0 spiro atoms. The van der Waals surface area contributed by atoms with Crippen LogP contribution < -0.4 is 10.1 Å². The van der Waals surface area contributed by atoms with Crippen molar-refractivity contribution in [3.8, 4) is 17.1 Å². The van der Waals surface area contributed by atoms with Crippen LogP contribution in [0, 0.1) is 13.8 Å². The van der Waals surface area contributed by atoms with E-state index < -0.39 is 0 Å². The van der Waals surface area contributed by atoms with Crippen LogP contribution in [0.4, 0.5) is 5.69 Å². The molecule has 2 aromatic carbocycles. The van der Waals surface area contributed by atoms with Crippen molar-refractivity contribution < 1.29 is 9.53 Å². The fraction of sp³-hybridized carbons (Fsp3) is 0.150. The molecule has 5 nitrogen and oxygen atoms in total. The highest BCUT2D eigenvalue weighted by Gasteiger charge is 2.15. The fourth-order valence-corrected chi connectivity index (χ4v) is 2.53. The molecule has 3 aromatic rings. The predicted molar refractivity (Wildman–Crippen MR) is 97.9 cm³/mol. The Morgan fingerprint density at radius 3 is 2.52 bits per heavy atom. The Hall–Kier alpha value is -3.21. The van der Waals surface area contributed by atoms with Crippen LogP contribution in [0.3, 0.4) is 0 Å². The van der Waals surface area contributed by atoms with E-state index in [0.717, 1.165) is 11.1 Å². The molecule has 126 valence electrons. The van der Waals surface area contributed by atoms with Crippen molar-refractivity contribution in [2.45, 2.75) is 13.8 Å². The number of carbonyl (C=O) groups excluding carboxylic acids is 1. The van der Waals surface area contributed by atoms with E-state index >= 15 is 0 Å². The number of nitrogens with one attached hydrogen (secondary N) is 1. The summed E-state index contributed by atoms with van der Waals surface area (Å²) in [7, 11) is 1.57. The molecular formula is C20H19N3O2. The number of ether oxygens (including phenoxy) is 1. The summed E-state index contributed by atoms with van der Waals surface area (Å²) in [6.07, 6.45) is 1.56. The van der Waals surface area contributed by atoms with Crippen LogP contribution in [0.25, 0.3) is 11.4 Å². The van der Waals surface area contributed by atoms with Crippen molar-refractivity contribution in [3.63, 3.8) is 0 Å². The van der Waals surface area contributed by atoms with Gasteiger partial charge in [0.1, 0.15) is 5.75 Å². The lowest BCUT2D eigenvalue weighted by Crippen LogP contribution is -2.15. The lowest BCUT2D eigenvalue weighted by Gasteiger charge is -2.12. The van der Waals surface area contributed by atoms with Crippen molar-refractivity contribution in [2.24, 2.45) is 0 Å². The third-order valence-electron chi connectivity index (χ3n) is 3.86. The molecule has 0 bridgehead atoms. The molecule has 0 aliphatic carbocycles. The Labute approximate surface area is 146 Å². The van der Waals surface area contributed by atoms with Gasteiger partial charge in [0.15, 0.2) is 5.82 Å². The van der Waals surface area contributed by atoms with Crippen molar-refractivity contribution in [2.75, 3.05) is 12.4 Å². The van der Waals surface area contributed by atoms with Crippen LogP contribution in [-0.4, -0.2) is 23.0 Å². The second-order valence-electron chi connectivity index (χ2n) is 5.72. The average Bonchev–Trinajstić information content (AvgIpc) is 2.62. The molecule has 0 atom stereocenters. The van der Waals surface area contributed by atoms with Gasteiger partial charge in [0.2, 0.25) is 0 Å². The van der Waals surface area contributed by atoms with E-state index in [2.05, 4.69) is 15.3 Å². The molecule has 3 rings (SSSR count). The molecule has 1 aromatic heterocycles. The van der Waals surface area contributed by atoms with E-state index in [1.165, 1.54) is 0 Å². The number of hydrogen-bond donors (Lipinski definition) is 1. The topological polar surface area (TPSA) is 64.1 Å². The maximum absolute atomic E-state index is 12.6. The number of methoxy groups -OCH3 is 1. The summed E-state index contributed by atoms with van der Waals surface area (Å²) in [5.74, 6) is 0.947. The second kappa shape index (κ2) is 7.13. The zero-order chi connectivity index (χ0) is 17.8. The zero-order valence-corrected chi connectivity index (χ0v) is 14.4. The Morgan fingerprint density at radius 2 is 1.84 bits per heavy atom. The first kappa shape index (κ1) is 16.6. The number of aromatic nitrogens is 2. The highest BCUT2D eigenvalue weighted by molar-refractivity contribution is 6.05. The van der Waals surface area contributed by atoms with Gasteiger partial charge >= 0.3 is 0 Å². The number of amides is 1. The molecule has 0 radical (unpaired) electrons. The lowest BCUT2D eigenvalue weighted by molar-refractivity contribution is 0.102. The third-order valence-corrected chi connectivity index (χ3v) is 3.86. The van der Waals surface area contributed by atoms with Crippen LogP contribution >= 0.6 is 0 Å². The summed E-state index contributed by atoms with van der Waals surface area (Å²) in [4.78, 5) is 21.4. The van der Waals surface area contributed by atoms with Crippen molar-refractivity contribution >= 4 is 11.6 Å². The van der Waals surface area contributed by atoms with E-state index in [1.54, 1.807) is 20.2 Å². The van der Waals surface area contributed by atoms with E-state index in [4.69, 9.17) is 4.74 Å². The SMILES string of the molecule is COc1ccc(C)cc1NC(=O)c1cnc(-c2ccccc2)nc1C. The third kappa shape index (κ3) is 3.66. The maximum atomic E-state index is 12.6. The monoisotopic (exact) mass is 333 g/mol. The molecular weight excluding hydrogens is 314 g/mol. The van der Waals surface area contributed by atoms with Gasteiger partial charge in [-0.25, -0.2) is 9.97 Å². The van der Waals surface area contributed by atoms with Gasteiger partial charge in [-0.05, 0) is 31.5 Å². The minimum absolute atomic E-state index is 0.263. The number of hydrogen-bond acceptors (Lipinski definition) is 4. The summed E-state index contributed by atoms with van der Waals surface area (Å²) in [5.41, 5.74) is 3.63. The molecule has 1 heterocycles. The van der Waals surface area contributed by atoms with Crippen LogP contribution in [0.5, 0.6) is 5.75 Å². The largest absolute Gasteiger partial charge is 0.495 e. The molecule has 0 aliphatic rings. The first-order valence-corrected chi connectivity index (χ1v) is 7.93. The van der Waals surface area contributed by atoms with Gasteiger partial charge in [0.25, 0.3) is 5.91 Å². The molecule has 25 heavy (non-hydrogen) atoms. The van der Waals surface area contributed by atoms with Gasteiger partial charge in [0.05, 0.1) is 24.1 Å². The molecule has 0 aliphatic heterocycles. The standard InChI is InChI=1S/C20H19N3O2/c1-13-9-10-18(25-3)17(11-13)23-20(24)16-12-21-19(22-14(16)2)15-7-5-4-6-8-15/h4-12H,1-3H3,(H,23,24). The first-order chi connectivity index (χ1) is 12.1. The summed E-state index contributed by atoms with van der Waals surface area (Å²) in [6, 6.07) is 15.3. The summed E-state index contributed by atoms with van der Waals surface area (Å²) < 4.78 is 5.30. The highest BCUT2D eigenvalue weighted by Crippen LogP contribution is 2.26. The number of aryl methyl sites for hydroxylation is 2. The number of benzene rings is 2. The van der Waals surface area contributed by atoms with E-state index in [9.17, 15) is 4.79 Å². The minimum Gasteiger partial charge on any atom is -0.495 e.